The first-order valence-electron chi connectivity index (χ1n) is 7.11. The van der Waals surface area contributed by atoms with Crippen LogP contribution in [0.5, 0.6) is 0 Å². The standard InChI is InChI=1S/C17H16N2OS/c18-14-6-5-12-9-19(10-13(12)7-14)17(20)16-8-11-3-1-2-4-15(11)21-16/h1-7,16H,8-10,18H2. The summed E-state index contributed by atoms with van der Waals surface area (Å²) in [5, 5.41) is 0.0223. The van der Waals surface area contributed by atoms with E-state index in [1.165, 1.54) is 21.6 Å². The first-order chi connectivity index (χ1) is 10.2. The zero-order valence-electron chi connectivity index (χ0n) is 11.6. The smallest absolute Gasteiger partial charge is 0.237 e. The molecule has 106 valence electrons. The van der Waals surface area contributed by atoms with Crippen molar-refractivity contribution in [1.82, 2.24) is 4.90 Å². The molecule has 0 bridgehead atoms. The maximum atomic E-state index is 12.7. The first kappa shape index (κ1) is 12.8. The molecule has 0 aromatic heterocycles. The molecular formula is C17H16N2OS. The number of amides is 1. The van der Waals surface area contributed by atoms with Crippen LogP contribution in [0.3, 0.4) is 0 Å². The van der Waals surface area contributed by atoms with E-state index in [2.05, 4.69) is 12.1 Å². The van der Waals surface area contributed by atoms with Crippen LogP contribution in [0.1, 0.15) is 16.7 Å². The number of thioether (sulfide) groups is 1. The van der Waals surface area contributed by atoms with Crippen molar-refractivity contribution < 1.29 is 4.79 Å². The minimum Gasteiger partial charge on any atom is -0.399 e. The Morgan fingerprint density at radius 2 is 1.90 bits per heavy atom. The van der Waals surface area contributed by atoms with Gasteiger partial charge in [0.25, 0.3) is 0 Å². The van der Waals surface area contributed by atoms with Crippen molar-refractivity contribution in [1.29, 1.82) is 0 Å². The molecule has 2 heterocycles. The number of hydrogen-bond acceptors (Lipinski definition) is 3. The average molecular weight is 296 g/mol. The lowest BCUT2D eigenvalue weighted by molar-refractivity contribution is -0.131. The van der Waals surface area contributed by atoms with Gasteiger partial charge in [0.2, 0.25) is 5.91 Å². The summed E-state index contributed by atoms with van der Waals surface area (Å²) in [5.74, 6) is 0.242. The van der Waals surface area contributed by atoms with E-state index in [1.807, 2.05) is 35.2 Å². The summed E-state index contributed by atoms with van der Waals surface area (Å²) >= 11 is 1.70. The highest BCUT2D eigenvalue weighted by Crippen LogP contribution is 2.38. The minimum absolute atomic E-state index is 0.0223. The number of nitrogen functional groups attached to an aromatic ring is 1. The highest BCUT2D eigenvalue weighted by atomic mass is 32.2. The number of nitrogens with two attached hydrogens (primary N) is 1. The molecule has 2 aliphatic rings. The van der Waals surface area contributed by atoms with E-state index in [9.17, 15) is 4.79 Å². The lowest BCUT2D eigenvalue weighted by Gasteiger charge is -2.19. The molecule has 0 aliphatic carbocycles. The van der Waals surface area contributed by atoms with Crippen LogP contribution in [0.2, 0.25) is 0 Å². The van der Waals surface area contributed by atoms with Gasteiger partial charge in [0.05, 0.1) is 5.25 Å². The summed E-state index contributed by atoms with van der Waals surface area (Å²) in [7, 11) is 0. The predicted molar refractivity (Wildman–Crippen MR) is 84.9 cm³/mol. The zero-order chi connectivity index (χ0) is 14.4. The number of hydrogen-bond donors (Lipinski definition) is 1. The number of benzene rings is 2. The quantitative estimate of drug-likeness (QED) is 0.823. The fourth-order valence-electron chi connectivity index (χ4n) is 3.09. The van der Waals surface area contributed by atoms with Gasteiger partial charge in [-0.05, 0) is 41.3 Å². The van der Waals surface area contributed by atoms with E-state index in [1.54, 1.807) is 11.8 Å². The third-order valence-corrected chi connectivity index (χ3v) is 5.49. The van der Waals surface area contributed by atoms with Gasteiger partial charge < -0.3 is 10.6 Å². The topological polar surface area (TPSA) is 46.3 Å². The minimum atomic E-state index is 0.0223. The fraction of sp³-hybridized carbons (Fsp3) is 0.235. The molecule has 21 heavy (non-hydrogen) atoms. The second-order valence-corrected chi connectivity index (χ2v) is 6.89. The van der Waals surface area contributed by atoms with Gasteiger partial charge in [-0.1, -0.05) is 24.3 Å². The van der Waals surface area contributed by atoms with Crippen molar-refractivity contribution in [2.75, 3.05) is 5.73 Å². The molecule has 0 saturated heterocycles. The van der Waals surface area contributed by atoms with Crippen molar-refractivity contribution in [2.45, 2.75) is 29.7 Å². The highest BCUT2D eigenvalue weighted by Gasteiger charge is 2.33. The summed E-state index contributed by atoms with van der Waals surface area (Å²) in [4.78, 5) is 15.9. The summed E-state index contributed by atoms with van der Waals surface area (Å²) < 4.78 is 0. The van der Waals surface area contributed by atoms with Crippen molar-refractivity contribution in [3.63, 3.8) is 0 Å². The molecule has 2 aromatic carbocycles. The van der Waals surface area contributed by atoms with Crippen LogP contribution in [-0.2, 0) is 24.3 Å². The highest BCUT2D eigenvalue weighted by molar-refractivity contribution is 8.01. The van der Waals surface area contributed by atoms with Crippen molar-refractivity contribution in [3.05, 3.63) is 59.2 Å². The van der Waals surface area contributed by atoms with Crippen molar-refractivity contribution in [3.8, 4) is 0 Å². The molecule has 4 heteroatoms. The van der Waals surface area contributed by atoms with E-state index in [4.69, 9.17) is 5.73 Å². The third-order valence-electron chi connectivity index (χ3n) is 4.19. The van der Waals surface area contributed by atoms with E-state index in [-0.39, 0.29) is 11.2 Å². The van der Waals surface area contributed by atoms with E-state index < -0.39 is 0 Å². The lowest BCUT2D eigenvalue weighted by Crippen LogP contribution is -2.33. The second kappa shape index (κ2) is 4.81. The van der Waals surface area contributed by atoms with Crippen molar-refractivity contribution in [2.24, 2.45) is 0 Å². The molecule has 0 saturated carbocycles. The fourth-order valence-corrected chi connectivity index (χ4v) is 4.37. The number of anilines is 1. The molecular weight excluding hydrogens is 280 g/mol. The Morgan fingerprint density at radius 3 is 2.76 bits per heavy atom. The molecule has 2 aromatic rings. The number of fused-ring (bicyclic) bond motifs is 2. The predicted octanol–water partition coefficient (Wildman–Crippen LogP) is 2.83. The SMILES string of the molecule is Nc1ccc2c(c1)CN(C(=O)C1Cc3ccccc3S1)C2. The van der Waals surface area contributed by atoms with E-state index in [0.29, 0.717) is 13.1 Å². The van der Waals surface area contributed by atoms with Crippen LogP contribution >= 0.6 is 11.8 Å². The summed E-state index contributed by atoms with van der Waals surface area (Å²) in [6.07, 6.45) is 0.842. The summed E-state index contributed by atoms with van der Waals surface area (Å²) in [6.45, 7) is 1.40. The average Bonchev–Trinajstić information content (AvgIpc) is 3.09. The Morgan fingerprint density at radius 1 is 1.10 bits per heavy atom. The Bertz CT molecular complexity index is 703. The molecule has 1 unspecified atom stereocenters. The Labute approximate surface area is 128 Å². The zero-order valence-corrected chi connectivity index (χ0v) is 12.4. The van der Waals surface area contributed by atoms with Crippen LogP contribution < -0.4 is 5.73 Å². The monoisotopic (exact) mass is 296 g/mol. The summed E-state index contributed by atoms with van der Waals surface area (Å²) in [6, 6.07) is 14.2. The molecule has 4 rings (SSSR count). The summed E-state index contributed by atoms with van der Waals surface area (Å²) in [5.41, 5.74) is 10.3. The number of carbonyl (C=O) groups excluding carboxylic acids is 1. The van der Waals surface area contributed by atoms with Gasteiger partial charge in [-0.25, -0.2) is 0 Å². The van der Waals surface area contributed by atoms with E-state index >= 15 is 0 Å². The number of nitrogens with zero attached hydrogens (tertiary/aromatic N) is 1. The van der Waals surface area contributed by atoms with Gasteiger partial charge >= 0.3 is 0 Å². The second-order valence-electron chi connectivity index (χ2n) is 5.64. The Kier molecular flexibility index (Phi) is 2.93. The molecule has 3 nitrogen and oxygen atoms in total. The van der Waals surface area contributed by atoms with Gasteiger partial charge in [-0.3, -0.25) is 4.79 Å². The van der Waals surface area contributed by atoms with Crippen LogP contribution in [0.25, 0.3) is 0 Å². The molecule has 2 aliphatic heterocycles. The van der Waals surface area contributed by atoms with Crippen LogP contribution in [0.15, 0.2) is 47.4 Å². The van der Waals surface area contributed by atoms with Crippen LogP contribution in [0.4, 0.5) is 5.69 Å². The maximum absolute atomic E-state index is 12.7. The molecule has 0 spiro atoms. The Hall–Kier alpha value is -1.94. The molecule has 1 amide bonds. The van der Waals surface area contributed by atoms with Crippen molar-refractivity contribution >= 4 is 23.4 Å². The maximum Gasteiger partial charge on any atom is 0.237 e. The third kappa shape index (κ3) is 2.20. The largest absolute Gasteiger partial charge is 0.399 e. The molecule has 0 fully saturated rings. The van der Waals surface area contributed by atoms with Gasteiger partial charge in [-0.2, -0.15) is 0 Å². The number of carbonyl (C=O) groups is 1. The van der Waals surface area contributed by atoms with Gasteiger partial charge in [0, 0.05) is 23.7 Å². The van der Waals surface area contributed by atoms with Crippen LogP contribution in [0, 0.1) is 0 Å². The van der Waals surface area contributed by atoms with Crippen LogP contribution in [-0.4, -0.2) is 16.1 Å². The van der Waals surface area contributed by atoms with Gasteiger partial charge in [0.15, 0.2) is 0 Å². The molecule has 2 N–H and O–H groups in total. The van der Waals surface area contributed by atoms with Gasteiger partial charge in [0.1, 0.15) is 0 Å². The Balaban J connectivity index is 1.51. The number of rotatable bonds is 1. The van der Waals surface area contributed by atoms with E-state index in [0.717, 1.165) is 12.1 Å². The molecule has 1 atom stereocenters. The normalized spacial score (nSPS) is 19.4. The molecule has 0 radical (unpaired) electrons. The lowest BCUT2D eigenvalue weighted by atomic mass is 10.1. The first-order valence-corrected chi connectivity index (χ1v) is 7.99. The van der Waals surface area contributed by atoms with Gasteiger partial charge in [-0.15, -0.1) is 11.8 Å².